The van der Waals surface area contributed by atoms with Gasteiger partial charge in [-0.25, -0.2) is 4.79 Å². The van der Waals surface area contributed by atoms with Gasteiger partial charge in [0.05, 0.1) is 13.2 Å². The molecule has 0 heterocycles. The predicted octanol–water partition coefficient (Wildman–Crippen LogP) is 7.57. The Bertz CT molecular complexity index is 1000. The van der Waals surface area contributed by atoms with E-state index in [1.165, 1.54) is 0 Å². The Morgan fingerprint density at radius 1 is 0.706 bits per heavy atom. The van der Waals surface area contributed by atoms with E-state index in [4.69, 9.17) is 13.7 Å². The van der Waals surface area contributed by atoms with Crippen molar-refractivity contribution in [3.63, 3.8) is 0 Å². The number of halogens is 3. The highest BCUT2D eigenvalue weighted by molar-refractivity contribution is 8.30. The smallest absolute Gasteiger partial charge is 0.491 e. The molecular formula is C26H27F3O4S. The van der Waals surface area contributed by atoms with Crippen molar-refractivity contribution in [2.45, 2.75) is 47.6 Å². The summed E-state index contributed by atoms with van der Waals surface area (Å²) >= 11 is 0. The fourth-order valence-corrected chi connectivity index (χ4v) is 6.23. The standard InChI is InChI=1S/C26H27F3O4S/c1-3-18-31-20-10-14-23(15-11-20)34(22-8-6-5-7-9-22,33-25(30)26(27,28)29)24-16-12-21(13-17-24)32-19-4-2/h5-17H,3-4,18-19H2,1-2H3. The summed E-state index contributed by atoms with van der Waals surface area (Å²) in [6.45, 7) is 4.98. The zero-order valence-corrected chi connectivity index (χ0v) is 19.8. The summed E-state index contributed by atoms with van der Waals surface area (Å²) in [4.78, 5) is 13.6. The lowest BCUT2D eigenvalue weighted by Gasteiger charge is -2.39. The minimum absolute atomic E-state index is 0.433. The van der Waals surface area contributed by atoms with Crippen LogP contribution in [0.15, 0.2) is 93.5 Å². The van der Waals surface area contributed by atoms with Crippen molar-refractivity contribution in [2.24, 2.45) is 0 Å². The fourth-order valence-electron chi connectivity index (χ4n) is 3.22. The van der Waals surface area contributed by atoms with Gasteiger partial charge >= 0.3 is 12.1 Å². The molecule has 0 aliphatic rings. The molecule has 0 aliphatic carbocycles. The van der Waals surface area contributed by atoms with Gasteiger partial charge in [0.15, 0.2) is 0 Å². The highest BCUT2D eigenvalue weighted by Crippen LogP contribution is 2.69. The maximum absolute atomic E-state index is 13.4. The first-order valence-corrected chi connectivity index (χ1v) is 12.5. The summed E-state index contributed by atoms with van der Waals surface area (Å²) < 4.78 is 57.0. The normalized spacial score (nSPS) is 12.1. The molecule has 182 valence electrons. The monoisotopic (exact) mass is 492 g/mol. The number of alkyl halides is 3. The third-order valence-corrected chi connectivity index (χ3v) is 7.97. The summed E-state index contributed by atoms with van der Waals surface area (Å²) in [6, 6.07) is 21.8. The molecule has 0 aliphatic heterocycles. The zero-order valence-electron chi connectivity index (χ0n) is 19.0. The van der Waals surface area contributed by atoms with Crippen molar-refractivity contribution in [3.05, 3.63) is 78.9 Å². The molecule has 34 heavy (non-hydrogen) atoms. The molecule has 0 spiro atoms. The van der Waals surface area contributed by atoms with Gasteiger partial charge < -0.3 is 13.7 Å². The van der Waals surface area contributed by atoms with Crippen LogP contribution in [0.2, 0.25) is 0 Å². The van der Waals surface area contributed by atoms with Crippen molar-refractivity contribution in [2.75, 3.05) is 13.2 Å². The first-order chi connectivity index (χ1) is 16.3. The largest absolute Gasteiger partial charge is 0.494 e. The number of hydrogen-bond donors (Lipinski definition) is 0. The molecule has 0 bridgehead atoms. The molecule has 0 amide bonds. The van der Waals surface area contributed by atoms with Crippen LogP contribution >= 0.6 is 10.3 Å². The Labute approximate surface area is 199 Å². The van der Waals surface area contributed by atoms with Crippen LogP contribution in [0.4, 0.5) is 13.2 Å². The van der Waals surface area contributed by atoms with Crippen molar-refractivity contribution in [3.8, 4) is 11.5 Å². The number of carbonyl (C=O) groups excluding carboxylic acids is 1. The quantitative estimate of drug-likeness (QED) is 0.293. The van der Waals surface area contributed by atoms with Gasteiger partial charge in [0.1, 0.15) is 11.5 Å². The second-order valence-corrected chi connectivity index (χ2v) is 10.1. The van der Waals surface area contributed by atoms with Crippen LogP contribution in [0, 0.1) is 0 Å². The average molecular weight is 493 g/mol. The van der Waals surface area contributed by atoms with Gasteiger partial charge in [-0.05, 0) is 83.8 Å². The molecule has 3 aromatic carbocycles. The van der Waals surface area contributed by atoms with Gasteiger partial charge in [-0.3, -0.25) is 0 Å². The lowest BCUT2D eigenvalue weighted by molar-refractivity contribution is -0.188. The van der Waals surface area contributed by atoms with Gasteiger partial charge in [-0.15, -0.1) is 0 Å². The van der Waals surface area contributed by atoms with Crippen LogP contribution in [-0.2, 0) is 8.98 Å². The minimum Gasteiger partial charge on any atom is -0.494 e. The maximum atomic E-state index is 13.4. The van der Waals surface area contributed by atoms with E-state index in [0.717, 1.165) is 12.8 Å². The first kappa shape index (κ1) is 25.5. The Morgan fingerprint density at radius 3 is 1.50 bits per heavy atom. The first-order valence-electron chi connectivity index (χ1n) is 11.0. The van der Waals surface area contributed by atoms with Gasteiger partial charge in [-0.1, -0.05) is 32.0 Å². The topological polar surface area (TPSA) is 44.8 Å². The predicted molar refractivity (Wildman–Crippen MR) is 125 cm³/mol. The number of carbonyl (C=O) groups is 1. The molecule has 0 radical (unpaired) electrons. The third-order valence-electron chi connectivity index (χ3n) is 4.76. The van der Waals surface area contributed by atoms with Crippen LogP contribution < -0.4 is 9.47 Å². The van der Waals surface area contributed by atoms with E-state index < -0.39 is 22.5 Å². The lowest BCUT2D eigenvalue weighted by Crippen LogP contribution is -2.27. The Balaban J connectivity index is 2.19. The third kappa shape index (κ3) is 5.86. The second-order valence-electron chi connectivity index (χ2n) is 7.38. The average Bonchev–Trinajstić information content (AvgIpc) is 2.85. The van der Waals surface area contributed by atoms with Crippen LogP contribution in [0.5, 0.6) is 11.5 Å². The van der Waals surface area contributed by atoms with Crippen LogP contribution in [-0.4, -0.2) is 25.4 Å². The van der Waals surface area contributed by atoms with Gasteiger partial charge in [0.25, 0.3) is 0 Å². The molecule has 3 aromatic rings. The molecule has 0 unspecified atom stereocenters. The summed E-state index contributed by atoms with van der Waals surface area (Å²) in [5.74, 6) is -1.08. The summed E-state index contributed by atoms with van der Waals surface area (Å²) in [6.07, 6.45) is -3.52. The summed E-state index contributed by atoms with van der Waals surface area (Å²) in [5, 5.41) is 0. The van der Waals surface area contributed by atoms with E-state index in [1.807, 2.05) is 13.8 Å². The summed E-state index contributed by atoms with van der Waals surface area (Å²) in [7, 11) is -3.07. The number of hydrogen-bond acceptors (Lipinski definition) is 4. The molecule has 4 nitrogen and oxygen atoms in total. The number of benzene rings is 3. The number of rotatable bonds is 10. The molecule has 8 heteroatoms. The van der Waals surface area contributed by atoms with Crippen molar-refractivity contribution in [1.29, 1.82) is 0 Å². The molecule has 0 saturated carbocycles. The van der Waals surface area contributed by atoms with E-state index in [0.29, 0.717) is 39.4 Å². The molecule has 3 rings (SSSR count). The molecule has 0 aromatic heterocycles. The Hall–Kier alpha value is -3.13. The molecule has 0 atom stereocenters. The van der Waals surface area contributed by atoms with E-state index in [-0.39, 0.29) is 0 Å². The lowest BCUT2D eigenvalue weighted by atomic mass is 10.3. The zero-order chi connectivity index (χ0) is 24.6. The molecule has 0 N–H and O–H groups in total. The maximum Gasteiger partial charge on any atom is 0.491 e. The Kier molecular flexibility index (Phi) is 8.50. The van der Waals surface area contributed by atoms with Gasteiger partial charge in [-0.2, -0.15) is 13.2 Å². The number of ether oxygens (including phenoxy) is 2. The van der Waals surface area contributed by atoms with Crippen molar-refractivity contribution < 1.29 is 31.6 Å². The van der Waals surface area contributed by atoms with Crippen molar-refractivity contribution >= 4 is 16.3 Å². The van der Waals surface area contributed by atoms with E-state index in [2.05, 4.69) is 0 Å². The van der Waals surface area contributed by atoms with Crippen LogP contribution in [0.25, 0.3) is 0 Å². The van der Waals surface area contributed by atoms with Gasteiger partial charge in [0.2, 0.25) is 0 Å². The molecular weight excluding hydrogens is 465 g/mol. The van der Waals surface area contributed by atoms with Gasteiger partial charge in [0, 0.05) is 14.7 Å². The van der Waals surface area contributed by atoms with E-state index in [1.54, 1.807) is 78.9 Å². The molecule has 0 fully saturated rings. The van der Waals surface area contributed by atoms with E-state index in [9.17, 15) is 18.0 Å². The fraction of sp³-hybridized carbons (Fsp3) is 0.269. The minimum atomic E-state index is -5.15. The highest BCUT2D eigenvalue weighted by atomic mass is 32.3. The second kappa shape index (κ2) is 11.3. The van der Waals surface area contributed by atoms with Crippen LogP contribution in [0.3, 0.4) is 0 Å². The molecule has 0 saturated heterocycles. The highest BCUT2D eigenvalue weighted by Gasteiger charge is 2.47. The SMILES string of the molecule is CCCOc1ccc(S(OC(=O)C(F)(F)F)(c2ccccc2)c2ccc(OCCC)cc2)cc1. The van der Waals surface area contributed by atoms with Crippen molar-refractivity contribution in [1.82, 2.24) is 0 Å². The van der Waals surface area contributed by atoms with Crippen LogP contribution in [0.1, 0.15) is 26.7 Å². The summed E-state index contributed by atoms with van der Waals surface area (Å²) in [5.41, 5.74) is 0. The van der Waals surface area contributed by atoms with E-state index >= 15 is 0 Å². The Morgan fingerprint density at radius 2 is 1.12 bits per heavy atom.